The van der Waals surface area contributed by atoms with Gasteiger partial charge in [0.1, 0.15) is 19.0 Å². The van der Waals surface area contributed by atoms with Gasteiger partial charge in [0.05, 0.1) is 5.56 Å². The second kappa shape index (κ2) is 9.93. The van der Waals surface area contributed by atoms with E-state index in [1.54, 1.807) is 0 Å². The number of hydrogen-bond acceptors (Lipinski definition) is 3. The Morgan fingerprint density at radius 1 is 0.833 bits per heavy atom. The third kappa shape index (κ3) is 4.80. The zero-order valence-corrected chi connectivity index (χ0v) is 17.9. The molecule has 30 heavy (non-hydrogen) atoms. The molecular formula is C27H28O3. The molecule has 0 amide bonds. The lowest BCUT2D eigenvalue weighted by Gasteiger charge is -2.21. The largest absolute Gasteiger partial charge is 0.488 e. The lowest BCUT2D eigenvalue weighted by molar-refractivity contribution is 0.0470. The molecule has 0 aromatic heterocycles. The average Bonchev–Trinajstić information content (AvgIpc) is 2.77. The minimum absolute atomic E-state index is 0.251. The maximum absolute atomic E-state index is 13.0. The minimum Gasteiger partial charge on any atom is -0.488 e. The van der Waals surface area contributed by atoms with E-state index in [1.807, 2.05) is 87.5 Å². The molecular weight excluding hydrogens is 372 g/mol. The number of ether oxygens (including phenoxy) is 2. The molecule has 3 nitrogen and oxygen atoms in total. The van der Waals surface area contributed by atoms with Crippen LogP contribution >= 0.6 is 0 Å². The van der Waals surface area contributed by atoms with Gasteiger partial charge in [-0.1, -0.05) is 66.7 Å². The molecule has 3 rings (SSSR count). The monoisotopic (exact) mass is 400 g/mol. The smallest absolute Gasteiger partial charge is 0.339 e. The van der Waals surface area contributed by atoms with E-state index >= 15 is 0 Å². The fourth-order valence-corrected chi connectivity index (χ4v) is 3.60. The molecule has 3 heteroatoms. The minimum atomic E-state index is -0.308. The van der Waals surface area contributed by atoms with Crippen LogP contribution in [0.25, 0.3) is 0 Å². The van der Waals surface area contributed by atoms with Crippen LogP contribution in [0.1, 0.15) is 43.7 Å². The van der Waals surface area contributed by atoms with Crippen LogP contribution in [0.3, 0.4) is 0 Å². The molecule has 0 heterocycles. The van der Waals surface area contributed by atoms with Crippen LogP contribution < -0.4 is 4.74 Å². The quantitative estimate of drug-likeness (QED) is 0.330. The molecule has 0 aliphatic carbocycles. The van der Waals surface area contributed by atoms with Crippen molar-refractivity contribution in [1.29, 1.82) is 0 Å². The van der Waals surface area contributed by atoms with Gasteiger partial charge in [0.25, 0.3) is 0 Å². The first-order valence-corrected chi connectivity index (χ1v) is 10.1. The Morgan fingerprint density at radius 2 is 1.40 bits per heavy atom. The first-order chi connectivity index (χ1) is 14.5. The van der Waals surface area contributed by atoms with E-state index in [9.17, 15) is 4.79 Å². The molecule has 0 aliphatic rings. The third-order valence-corrected chi connectivity index (χ3v) is 5.37. The van der Waals surface area contributed by atoms with Gasteiger partial charge in [-0.25, -0.2) is 4.79 Å². The average molecular weight is 401 g/mol. The van der Waals surface area contributed by atoms with Crippen molar-refractivity contribution < 1.29 is 14.3 Å². The van der Waals surface area contributed by atoms with Crippen LogP contribution in [0.15, 0.2) is 73.3 Å². The summed E-state index contributed by atoms with van der Waals surface area (Å²) in [6, 6.07) is 19.8. The second-order valence-electron chi connectivity index (χ2n) is 7.39. The maximum atomic E-state index is 13.0. The highest BCUT2D eigenvalue weighted by molar-refractivity contribution is 5.94. The predicted molar refractivity (Wildman–Crippen MR) is 121 cm³/mol. The van der Waals surface area contributed by atoms with Crippen LogP contribution in [0.4, 0.5) is 0 Å². The summed E-state index contributed by atoms with van der Waals surface area (Å²) in [5.41, 5.74) is 6.40. The van der Waals surface area contributed by atoms with Gasteiger partial charge in [0.2, 0.25) is 0 Å². The summed E-state index contributed by atoms with van der Waals surface area (Å²) >= 11 is 0. The SMILES string of the molecule is C=CCc1c(C)c(C(=O)OCc2ccccc2)c(C)c(C)c1OCc1ccccc1. The number of esters is 1. The lowest BCUT2D eigenvalue weighted by Crippen LogP contribution is -2.14. The highest BCUT2D eigenvalue weighted by atomic mass is 16.5. The van der Waals surface area contributed by atoms with E-state index in [1.165, 1.54) is 0 Å². The molecule has 0 unspecified atom stereocenters. The summed E-state index contributed by atoms with van der Waals surface area (Å²) in [6.45, 7) is 10.5. The zero-order valence-electron chi connectivity index (χ0n) is 17.9. The van der Waals surface area contributed by atoms with Gasteiger partial charge in [-0.3, -0.25) is 0 Å². The van der Waals surface area contributed by atoms with Crippen LogP contribution in [0.2, 0.25) is 0 Å². The van der Waals surface area contributed by atoms with Gasteiger partial charge in [0, 0.05) is 5.56 Å². The summed E-state index contributed by atoms with van der Waals surface area (Å²) in [5.74, 6) is 0.519. The van der Waals surface area contributed by atoms with Crippen molar-refractivity contribution >= 4 is 5.97 Å². The third-order valence-electron chi connectivity index (χ3n) is 5.37. The number of hydrogen-bond donors (Lipinski definition) is 0. The fourth-order valence-electron chi connectivity index (χ4n) is 3.60. The lowest BCUT2D eigenvalue weighted by atomic mass is 9.90. The molecule has 154 valence electrons. The Hall–Kier alpha value is -3.33. The Kier molecular flexibility index (Phi) is 7.08. The molecule has 0 saturated carbocycles. The normalized spacial score (nSPS) is 10.5. The molecule has 3 aromatic rings. The number of allylic oxidation sites excluding steroid dienone is 1. The van der Waals surface area contributed by atoms with Crippen LogP contribution in [0, 0.1) is 20.8 Å². The van der Waals surface area contributed by atoms with Crippen LogP contribution in [-0.2, 0) is 24.4 Å². The van der Waals surface area contributed by atoms with Crippen molar-refractivity contribution in [1.82, 2.24) is 0 Å². The van der Waals surface area contributed by atoms with E-state index in [4.69, 9.17) is 9.47 Å². The standard InChI is InChI=1S/C27H28O3/c1-5-12-24-21(4)25(27(28)30-18-23-15-10-7-11-16-23)19(2)20(3)26(24)29-17-22-13-8-6-9-14-22/h5-11,13-16H,1,12,17-18H2,2-4H3. The number of benzene rings is 3. The van der Waals surface area contributed by atoms with E-state index < -0.39 is 0 Å². The van der Waals surface area contributed by atoms with E-state index in [2.05, 4.69) is 6.58 Å². The van der Waals surface area contributed by atoms with Crippen molar-refractivity contribution in [3.05, 3.63) is 112 Å². The van der Waals surface area contributed by atoms with Crippen LogP contribution in [0.5, 0.6) is 5.75 Å². The second-order valence-corrected chi connectivity index (χ2v) is 7.39. The highest BCUT2D eigenvalue weighted by Crippen LogP contribution is 2.35. The van der Waals surface area contributed by atoms with E-state index in [0.717, 1.165) is 39.1 Å². The van der Waals surface area contributed by atoms with Gasteiger partial charge in [0.15, 0.2) is 0 Å². The Labute approximate surface area is 179 Å². The molecule has 0 aliphatic heterocycles. The first kappa shape index (κ1) is 21.4. The predicted octanol–water partition coefficient (Wildman–Crippen LogP) is 6.28. The summed E-state index contributed by atoms with van der Waals surface area (Å²) in [5, 5.41) is 0. The van der Waals surface area contributed by atoms with E-state index in [-0.39, 0.29) is 12.6 Å². The first-order valence-electron chi connectivity index (χ1n) is 10.1. The van der Waals surface area contributed by atoms with Gasteiger partial charge in [-0.15, -0.1) is 6.58 Å². The maximum Gasteiger partial charge on any atom is 0.339 e. The van der Waals surface area contributed by atoms with Crippen molar-refractivity contribution in [2.75, 3.05) is 0 Å². The summed E-state index contributed by atoms with van der Waals surface area (Å²) < 4.78 is 11.9. The van der Waals surface area contributed by atoms with Crippen LogP contribution in [-0.4, -0.2) is 5.97 Å². The highest BCUT2D eigenvalue weighted by Gasteiger charge is 2.23. The molecule has 3 aromatic carbocycles. The Morgan fingerprint density at radius 3 is 1.97 bits per heavy atom. The van der Waals surface area contributed by atoms with Crippen molar-refractivity contribution in [2.45, 2.75) is 40.4 Å². The molecule has 0 bridgehead atoms. The Bertz CT molecular complexity index is 1020. The molecule has 0 fully saturated rings. The number of carbonyl (C=O) groups is 1. The van der Waals surface area contributed by atoms with Crippen molar-refractivity contribution in [2.24, 2.45) is 0 Å². The fraction of sp³-hybridized carbons (Fsp3) is 0.222. The number of carbonyl (C=O) groups excluding carboxylic acids is 1. The summed E-state index contributed by atoms with van der Waals surface area (Å²) in [7, 11) is 0. The van der Waals surface area contributed by atoms with Crippen molar-refractivity contribution in [3.8, 4) is 5.75 Å². The van der Waals surface area contributed by atoms with Gasteiger partial charge < -0.3 is 9.47 Å². The van der Waals surface area contributed by atoms with Crippen molar-refractivity contribution in [3.63, 3.8) is 0 Å². The molecule has 0 atom stereocenters. The topological polar surface area (TPSA) is 35.5 Å². The van der Waals surface area contributed by atoms with Gasteiger partial charge in [-0.2, -0.15) is 0 Å². The Balaban J connectivity index is 1.90. The molecule has 0 spiro atoms. The number of rotatable bonds is 8. The summed E-state index contributed by atoms with van der Waals surface area (Å²) in [4.78, 5) is 13.0. The van der Waals surface area contributed by atoms with E-state index in [0.29, 0.717) is 18.6 Å². The molecule has 0 saturated heterocycles. The zero-order chi connectivity index (χ0) is 21.5. The molecule has 0 radical (unpaired) electrons. The summed E-state index contributed by atoms with van der Waals surface area (Å²) in [6.07, 6.45) is 2.46. The molecule has 0 N–H and O–H groups in total. The van der Waals surface area contributed by atoms with Gasteiger partial charge >= 0.3 is 5.97 Å². The van der Waals surface area contributed by atoms with Gasteiger partial charge in [-0.05, 0) is 55.0 Å².